The van der Waals surface area contributed by atoms with Gasteiger partial charge >= 0.3 is 5.97 Å². The Morgan fingerprint density at radius 2 is 1.70 bits per heavy atom. The average Bonchev–Trinajstić information content (AvgIpc) is 2.74. The number of rotatable bonds is 7. The van der Waals surface area contributed by atoms with Gasteiger partial charge in [0.15, 0.2) is 0 Å². The number of anilines is 2. The van der Waals surface area contributed by atoms with E-state index < -0.39 is 5.97 Å². The number of carbonyl (C=O) groups excluding carboxylic acids is 2. The molecule has 1 aliphatic rings. The van der Waals surface area contributed by atoms with Gasteiger partial charge in [0.1, 0.15) is 0 Å². The zero-order chi connectivity index (χ0) is 21.5. The van der Waals surface area contributed by atoms with Crippen LogP contribution in [0.3, 0.4) is 0 Å². The molecule has 7 heteroatoms. The molecule has 3 N–H and O–H groups in total. The summed E-state index contributed by atoms with van der Waals surface area (Å²) in [6.07, 6.45) is 3.99. The van der Waals surface area contributed by atoms with Crippen LogP contribution in [0.1, 0.15) is 52.5 Å². The van der Waals surface area contributed by atoms with Crippen LogP contribution < -0.4 is 15.5 Å². The van der Waals surface area contributed by atoms with Gasteiger partial charge in [0.05, 0.1) is 11.1 Å². The monoisotopic (exact) mass is 409 g/mol. The predicted octanol–water partition coefficient (Wildman–Crippen LogP) is 3.31. The molecule has 0 aliphatic carbocycles. The number of piperidine rings is 1. The maximum atomic E-state index is 13.0. The summed E-state index contributed by atoms with van der Waals surface area (Å²) in [5, 5.41) is 14.7. The maximum Gasteiger partial charge on any atom is 0.335 e. The van der Waals surface area contributed by atoms with Crippen molar-refractivity contribution in [3.05, 3.63) is 59.2 Å². The minimum atomic E-state index is -0.959. The van der Waals surface area contributed by atoms with E-state index in [0.29, 0.717) is 24.2 Å². The highest BCUT2D eigenvalue weighted by Gasteiger charge is 2.19. The molecule has 0 saturated carbocycles. The molecular formula is C23H27N3O4. The number of nitrogens with one attached hydrogen (secondary N) is 2. The van der Waals surface area contributed by atoms with Crippen molar-refractivity contribution < 1.29 is 19.5 Å². The summed E-state index contributed by atoms with van der Waals surface area (Å²) in [7, 11) is 0. The lowest BCUT2D eigenvalue weighted by Crippen LogP contribution is -2.33. The number of amides is 2. The summed E-state index contributed by atoms with van der Waals surface area (Å²) in [6.45, 7) is 3.69. The lowest BCUT2D eigenvalue weighted by molar-refractivity contribution is -0.114. The standard InChI is InChI=1S/C23H27N3O4/c1-16(27)25-19-9-10-21(26-13-3-2-4-14-26)20(15-19)22(28)24-12-11-17-5-7-18(8-6-17)23(29)30/h5-10,15H,2-4,11-14H2,1H3,(H,24,28)(H,25,27)(H,29,30). The fourth-order valence-corrected chi connectivity index (χ4v) is 3.64. The fraction of sp³-hybridized carbons (Fsp3) is 0.348. The van der Waals surface area contributed by atoms with Crippen LogP contribution >= 0.6 is 0 Å². The molecule has 1 fully saturated rings. The molecule has 2 aromatic carbocycles. The van der Waals surface area contributed by atoms with Crippen LogP contribution in [-0.2, 0) is 11.2 Å². The van der Waals surface area contributed by atoms with E-state index in [4.69, 9.17) is 5.11 Å². The third-order valence-corrected chi connectivity index (χ3v) is 5.16. The van der Waals surface area contributed by atoms with Gasteiger partial charge in [-0.2, -0.15) is 0 Å². The van der Waals surface area contributed by atoms with E-state index in [1.54, 1.807) is 30.3 Å². The molecule has 158 valence electrons. The molecule has 2 amide bonds. The third kappa shape index (κ3) is 5.59. The van der Waals surface area contributed by atoms with Crippen molar-refractivity contribution in [2.45, 2.75) is 32.6 Å². The van der Waals surface area contributed by atoms with E-state index in [-0.39, 0.29) is 17.4 Å². The number of benzene rings is 2. The summed E-state index contributed by atoms with van der Waals surface area (Å²) < 4.78 is 0. The third-order valence-electron chi connectivity index (χ3n) is 5.16. The Morgan fingerprint density at radius 3 is 2.33 bits per heavy atom. The number of carboxylic acid groups (broad SMARTS) is 1. The summed E-state index contributed by atoms with van der Waals surface area (Å²) in [4.78, 5) is 37.5. The van der Waals surface area contributed by atoms with Gasteiger partial charge in [-0.1, -0.05) is 12.1 Å². The van der Waals surface area contributed by atoms with Gasteiger partial charge in [-0.25, -0.2) is 4.79 Å². The zero-order valence-corrected chi connectivity index (χ0v) is 17.1. The second-order valence-corrected chi connectivity index (χ2v) is 7.47. The Balaban J connectivity index is 1.70. The Morgan fingerprint density at radius 1 is 1.00 bits per heavy atom. The smallest absolute Gasteiger partial charge is 0.335 e. The number of hydrogen-bond donors (Lipinski definition) is 3. The molecule has 0 aromatic heterocycles. The highest BCUT2D eigenvalue weighted by Crippen LogP contribution is 2.27. The molecule has 0 spiro atoms. The Kier molecular flexibility index (Phi) is 7.06. The lowest BCUT2D eigenvalue weighted by atomic mass is 10.1. The SMILES string of the molecule is CC(=O)Nc1ccc(N2CCCCC2)c(C(=O)NCCc2ccc(C(=O)O)cc2)c1. The first-order chi connectivity index (χ1) is 14.4. The normalized spacial score (nSPS) is 13.6. The fourth-order valence-electron chi connectivity index (χ4n) is 3.64. The lowest BCUT2D eigenvalue weighted by Gasteiger charge is -2.30. The zero-order valence-electron chi connectivity index (χ0n) is 17.1. The molecule has 2 aromatic rings. The van der Waals surface area contributed by atoms with Crippen LogP contribution in [0, 0.1) is 0 Å². The van der Waals surface area contributed by atoms with Crippen molar-refractivity contribution in [2.24, 2.45) is 0 Å². The van der Waals surface area contributed by atoms with E-state index in [1.807, 2.05) is 12.1 Å². The average molecular weight is 409 g/mol. The molecule has 30 heavy (non-hydrogen) atoms. The minimum Gasteiger partial charge on any atom is -0.478 e. The maximum absolute atomic E-state index is 13.0. The summed E-state index contributed by atoms with van der Waals surface area (Å²) in [6, 6.07) is 12.1. The quantitative estimate of drug-likeness (QED) is 0.652. The van der Waals surface area contributed by atoms with Gasteiger partial charge in [-0.15, -0.1) is 0 Å². The van der Waals surface area contributed by atoms with Crippen LogP contribution in [0.25, 0.3) is 0 Å². The van der Waals surface area contributed by atoms with Crippen molar-refractivity contribution in [2.75, 3.05) is 29.9 Å². The van der Waals surface area contributed by atoms with Gasteiger partial charge in [0.2, 0.25) is 5.91 Å². The number of carbonyl (C=O) groups is 3. The van der Waals surface area contributed by atoms with Crippen molar-refractivity contribution in [3.63, 3.8) is 0 Å². The first-order valence-electron chi connectivity index (χ1n) is 10.2. The molecule has 1 saturated heterocycles. The molecule has 0 radical (unpaired) electrons. The molecule has 0 unspecified atom stereocenters. The Hall–Kier alpha value is -3.35. The molecule has 1 heterocycles. The minimum absolute atomic E-state index is 0.183. The topological polar surface area (TPSA) is 98.7 Å². The Labute approximate surface area is 176 Å². The first kappa shape index (κ1) is 21.4. The summed E-state index contributed by atoms with van der Waals surface area (Å²) in [5.74, 6) is -1.33. The molecule has 7 nitrogen and oxygen atoms in total. The largest absolute Gasteiger partial charge is 0.478 e. The van der Waals surface area contributed by atoms with Crippen LogP contribution in [-0.4, -0.2) is 42.5 Å². The van der Waals surface area contributed by atoms with Crippen molar-refractivity contribution in [1.29, 1.82) is 0 Å². The predicted molar refractivity (Wildman–Crippen MR) is 116 cm³/mol. The molecule has 1 aliphatic heterocycles. The van der Waals surface area contributed by atoms with E-state index >= 15 is 0 Å². The summed E-state index contributed by atoms with van der Waals surface area (Å²) in [5.41, 5.74) is 3.21. The highest BCUT2D eigenvalue weighted by molar-refractivity contribution is 6.02. The van der Waals surface area contributed by atoms with Crippen LogP contribution in [0.15, 0.2) is 42.5 Å². The molecule has 0 bridgehead atoms. The molecular weight excluding hydrogens is 382 g/mol. The van der Waals surface area contributed by atoms with E-state index in [9.17, 15) is 14.4 Å². The van der Waals surface area contributed by atoms with Gasteiger partial charge < -0.3 is 20.6 Å². The van der Waals surface area contributed by atoms with Crippen LogP contribution in [0.5, 0.6) is 0 Å². The van der Waals surface area contributed by atoms with Crippen LogP contribution in [0.4, 0.5) is 11.4 Å². The second kappa shape index (κ2) is 9.91. The number of aromatic carboxylic acids is 1. The van der Waals surface area contributed by atoms with E-state index in [1.165, 1.54) is 13.3 Å². The van der Waals surface area contributed by atoms with Gasteiger partial charge in [0.25, 0.3) is 5.91 Å². The summed E-state index contributed by atoms with van der Waals surface area (Å²) >= 11 is 0. The molecule has 0 atom stereocenters. The van der Waals surface area contributed by atoms with E-state index in [0.717, 1.165) is 37.2 Å². The van der Waals surface area contributed by atoms with Crippen molar-refractivity contribution in [3.8, 4) is 0 Å². The Bertz CT molecular complexity index is 919. The van der Waals surface area contributed by atoms with Gasteiger partial charge in [-0.05, 0) is 61.6 Å². The van der Waals surface area contributed by atoms with Gasteiger partial charge in [0, 0.05) is 37.9 Å². The number of nitrogens with zero attached hydrogens (tertiary/aromatic N) is 1. The highest BCUT2D eigenvalue weighted by atomic mass is 16.4. The van der Waals surface area contributed by atoms with Crippen molar-refractivity contribution in [1.82, 2.24) is 5.32 Å². The molecule has 3 rings (SSSR count). The second-order valence-electron chi connectivity index (χ2n) is 7.47. The number of carboxylic acids is 1. The number of hydrogen-bond acceptors (Lipinski definition) is 4. The van der Waals surface area contributed by atoms with Crippen LogP contribution in [0.2, 0.25) is 0 Å². The first-order valence-corrected chi connectivity index (χ1v) is 10.2. The van der Waals surface area contributed by atoms with Crippen molar-refractivity contribution >= 4 is 29.2 Å². The van der Waals surface area contributed by atoms with Gasteiger partial charge in [-0.3, -0.25) is 9.59 Å². The van der Waals surface area contributed by atoms with E-state index in [2.05, 4.69) is 15.5 Å².